The van der Waals surface area contributed by atoms with E-state index < -0.39 is 16.8 Å². The zero-order valence-electron chi connectivity index (χ0n) is 41.0. The Morgan fingerprint density at radius 1 is 0.359 bits per heavy atom. The molecule has 0 fully saturated rings. The molecule has 4 nitrogen and oxygen atoms in total. The van der Waals surface area contributed by atoms with Crippen LogP contribution in [0, 0.1) is 27.7 Å². The van der Waals surface area contributed by atoms with Gasteiger partial charge in [-0.25, -0.2) is 0 Å². The van der Waals surface area contributed by atoms with E-state index >= 15 is 0 Å². The number of aryl methyl sites for hydroxylation is 4. The van der Waals surface area contributed by atoms with Gasteiger partial charge in [0.05, 0.1) is 10.6 Å². The molecule has 0 saturated carbocycles. The molecule has 0 N–H and O–H groups in total. The Hall–Kier alpha value is -4.62. The molecule has 3 aliphatic rings. The van der Waals surface area contributed by atoms with Crippen LogP contribution in [0.3, 0.4) is 0 Å². The monoisotopic (exact) mass is 888 g/mol. The Bertz CT molecular complexity index is 2730. The first kappa shape index (κ1) is 44.6. The summed E-state index contributed by atoms with van der Waals surface area (Å²) in [5.74, 6) is 3.71. The number of fused-ring (bicyclic) bond motifs is 8. The van der Waals surface area contributed by atoms with E-state index in [1.807, 2.05) is 0 Å². The maximum absolute atomic E-state index is 7.77. The van der Waals surface area contributed by atoms with Gasteiger partial charge in [-0.15, -0.1) is 0 Å². The largest absolute Gasteiger partial charge is 0.435 e. The topological polar surface area (TPSA) is 36.9 Å². The molecule has 2 aliphatic heterocycles. The smallest absolute Gasteiger partial charge is 0.327 e. The Kier molecular flexibility index (Phi) is 10.8. The molecule has 9 rings (SSSR count). The van der Waals surface area contributed by atoms with Crippen molar-refractivity contribution in [2.45, 2.75) is 145 Å². The first-order valence-electron chi connectivity index (χ1n) is 23.0. The van der Waals surface area contributed by atoms with Gasteiger partial charge in [-0.1, -0.05) is 162 Å². The van der Waals surface area contributed by atoms with Crippen LogP contribution in [-0.4, -0.2) is 0 Å². The van der Waals surface area contributed by atoms with Gasteiger partial charge >= 0.3 is 16.8 Å². The van der Waals surface area contributed by atoms with Crippen LogP contribution >= 0.6 is 16.8 Å². The Labute approximate surface area is 386 Å². The van der Waals surface area contributed by atoms with E-state index in [4.69, 9.17) is 18.1 Å². The highest BCUT2D eigenvalue weighted by Crippen LogP contribution is 2.59. The lowest BCUT2D eigenvalue weighted by Crippen LogP contribution is -2.34. The maximum atomic E-state index is 7.77. The van der Waals surface area contributed by atoms with E-state index in [0.29, 0.717) is 12.8 Å². The van der Waals surface area contributed by atoms with Crippen LogP contribution in [0.15, 0.2) is 84.9 Å². The first-order chi connectivity index (χ1) is 29.9. The van der Waals surface area contributed by atoms with Crippen molar-refractivity contribution in [2.24, 2.45) is 0 Å². The molecular formula is C58H66O4P2. The summed E-state index contributed by atoms with van der Waals surface area (Å²) >= 11 is 0. The summed E-state index contributed by atoms with van der Waals surface area (Å²) in [4.78, 5) is 0. The third kappa shape index (κ3) is 7.55. The van der Waals surface area contributed by atoms with Crippen molar-refractivity contribution in [2.75, 3.05) is 0 Å². The summed E-state index contributed by atoms with van der Waals surface area (Å²) < 4.78 is 30.9. The van der Waals surface area contributed by atoms with Crippen molar-refractivity contribution in [1.82, 2.24) is 0 Å². The predicted octanol–water partition coefficient (Wildman–Crippen LogP) is 15.8. The van der Waals surface area contributed by atoms with Gasteiger partial charge in [0.1, 0.15) is 23.0 Å². The molecule has 6 aromatic rings. The van der Waals surface area contributed by atoms with Gasteiger partial charge in [0.2, 0.25) is 0 Å². The number of hydrogen-bond donors (Lipinski definition) is 0. The molecule has 2 heterocycles. The summed E-state index contributed by atoms with van der Waals surface area (Å²) in [6.07, 6.45) is 1.42. The van der Waals surface area contributed by atoms with Gasteiger partial charge in [-0.3, -0.25) is 0 Å². The second-order valence-electron chi connectivity index (χ2n) is 22.6. The van der Waals surface area contributed by atoms with E-state index in [2.05, 4.69) is 196 Å². The fraction of sp³-hybridized carbons (Fsp3) is 0.379. The van der Waals surface area contributed by atoms with Crippen LogP contribution in [0.2, 0.25) is 0 Å². The second-order valence-corrected chi connectivity index (χ2v) is 25.3. The average Bonchev–Trinajstić information content (AvgIpc) is 3.16. The second kappa shape index (κ2) is 15.5. The maximum Gasteiger partial charge on any atom is 0.327 e. The normalized spacial score (nSPS) is 15.1. The number of benzene rings is 6. The quantitative estimate of drug-likeness (QED) is 0.162. The van der Waals surface area contributed by atoms with Crippen molar-refractivity contribution in [3.63, 3.8) is 0 Å². The van der Waals surface area contributed by atoms with Gasteiger partial charge < -0.3 is 18.1 Å². The highest BCUT2D eigenvalue weighted by atomic mass is 31.2. The minimum Gasteiger partial charge on any atom is -0.435 e. The SMILES string of the molecule is Cc1ccc2c(c1C(C)(C)C)OP(c1ccc3c(c1P1Oc4c(ccc(C)c4C(C)(C)C)Cc4ccc(C)c(C(C)(C)C)c4O1)-c1ccccc1-3)Oc1c(ccc(C)c1C(C)(C)C)C2. The lowest BCUT2D eigenvalue weighted by Gasteiger charge is -2.38. The fourth-order valence-corrected chi connectivity index (χ4v) is 14.5. The average molecular weight is 889 g/mol. The zero-order chi connectivity index (χ0) is 46.0. The van der Waals surface area contributed by atoms with E-state index in [-0.39, 0.29) is 21.7 Å². The number of rotatable bonds is 2. The summed E-state index contributed by atoms with van der Waals surface area (Å²) in [5.41, 5.74) is 18.5. The first-order valence-corrected chi connectivity index (χ1v) is 25.4. The van der Waals surface area contributed by atoms with Gasteiger partial charge in [0, 0.05) is 40.7 Å². The summed E-state index contributed by atoms with van der Waals surface area (Å²) in [7, 11) is -3.69. The Morgan fingerprint density at radius 2 is 0.688 bits per heavy atom. The van der Waals surface area contributed by atoms with Gasteiger partial charge in [0.25, 0.3) is 0 Å². The standard InChI is InChI=1S/C58H66O4P2/c1-33-21-25-37-31-38-26-22-34(2)47(56(8,9)10)51(38)60-63(59-50(37)46(33)55(5,6)7)44-30-29-43-41-19-17-18-20-42(41)45(43)54(44)64-61-52-39(27-23-35(3)48(52)57(11,12)13)32-40-28-24-36(4)49(53(40)62-64)58(14,15)16/h17-30H,31-32H2,1-16H3. The number of hydrogen-bond acceptors (Lipinski definition) is 4. The molecule has 6 aromatic carbocycles. The minimum absolute atomic E-state index is 0.184. The van der Waals surface area contributed by atoms with E-state index in [1.54, 1.807) is 0 Å². The highest BCUT2D eigenvalue weighted by molar-refractivity contribution is 7.64. The summed E-state index contributed by atoms with van der Waals surface area (Å²) in [6, 6.07) is 31.6. The van der Waals surface area contributed by atoms with Gasteiger partial charge in [-0.05, 0) is 117 Å². The third-order valence-corrected chi connectivity index (χ3v) is 16.4. The molecule has 0 saturated heterocycles. The molecule has 6 heteroatoms. The molecule has 0 aromatic heterocycles. The van der Waals surface area contributed by atoms with Gasteiger partial charge in [-0.2, -0.15) is 0 Å². The molecule has 0 bridgehead atoms. The molecule has 0 radical (unpaired) electrons. The molecule has 0 spiro atoms. The Balaban J connectivity index is 1.38. The van der Waals surface area contributed by atoms with E-state index in [9.17, 15) is 0 Å². The zero-order valence-corrected chi connectivity index (χ0v) is 42.8. The highest BCUT2D eigenvalue weighted by Gasteiger charge is 2.43. The molecule has 0 atom stereocenters. The van der Waals surface area contributed by atoms with E-state index in [1.165, 1.54) is 83.5 Å². The lowest BCUT2D eigenvalue weighted by atomic mass is 9.80. The van der Waals surface area contributed by atoms with Crippen molar-refractivity contribution in [3.8, 4) is 45.3 Å². The molecule has 64 heavy (non-hydrogen) atoms. The van der Waals surface area contributed by atoms with E-state index in [0.717, 1.165) is 39.2 Å². The Morgan fingerprint density at radius 3 is 1.03 bits per heavy atom. The predicted molar refractivity (Wildman–Crippen MR) is 272 cm³/mol. The van der Waals surface area contributed by atoms with Crippen molar-refractivity contribution in [1.29, 1.82) is 0 Å². The van der Waals surface area contributed by atoms with Gasteiger partial charge in [0.15, 0.2) is 0 Å². The molecule has 1 aliphatic carbocycles. The molecule has 0 amide bonds. The molecule has 332 valence electrons. The summed E-state index contributed by atoms with van der Waals surface area (Å²) in [6.45, 7) is 36.4. The van der Waals surface area contributed by atoms with Crippen LogP contribution in [0.25, 0.3) is 22.3 Å². The minimum atomic E-state index is -1.86. The fourth-order valence-electron chi connectivity index (χ4n) is 10.9. The van der Waals surface area contributed by atoms with Crippen LogP contribution < -0.4 is 28.7 Å². The van der Waals surface area contributed by atoms with Crippen LogP contribution in [0.1, 0.15) is 150 Å². The summed E-state index contributed by atoms with van der Waals surface area (Å²) in [5, 5.41) is 2.01. The van der Waals surface area contributed by atoms with Crippen molar-refractivity contribution < 1.29 is 18.1 Å². The third-order valence-electron chi connectivity index (χ3n) is 13.3. The van der Waals surface area contributed by atoms with Crippen molar-refractivity contribution in [3.05, 3.63) is 152 Å². The molecule has 0 unspecified atom stereocenters. The lowest BCUT2D eigenvalue weighted by molar-refractivity contribution is 0.452. The van der Waals surface area contributed by atoms with Crippen LogP contribution in [0.4, 0.5) is 0 Å². The molecular weight excluding hydrogens is 823 g/mol. The van der Waals surface area contributed by atoms with Crippen LogP contribution in [0.5, 0.6) is 23.0 Å². The van der Waals surface area contributed by atoms with Crippen LogP contribution in [-0.2, 0) is 34.5 Å². The van der Waals surface area contributed by atoms with Crippen molar-refractivity contribution >= 4 is 27.4 Å².